The van der Waals surface area contributed by atoms with E-state index in [1.165, 1.54) is 4.88 Å². The van der Waals surface area contributed by atoms with E-state index in [-0.39, 0.29) is 6.04 Å². The molecular weight excluding hydrogens is 364 g/mol. The minimum atomic E-state index is 0.144. The number of hydrogen-bond donors (Lipinski definition) is 2. The highest BCUT2D eigenvalue weighted by molar-refractivity contribution is 9.11. The number of hydrogen-bond acceptors (Lipinski definition) is 3. The van der Waals surface area contributed by atoms with E-state index >= 15 is 0 Å². The fraction of sp³-hybridized carbons (Fsp3) is 0.167. The quantitative estimate of drug-likeness (QED) is 0.831. The molecule has 0 bridgehead atoms. The summed E-state index contributed by atoms with van der Waals surface area (Å²) in [5, 5.41) is 3.44. The number of nitrogens with one attached hydrogen (secondary N) is 1. The monoisotopic (exact) mass is 374 g/mol. The highest BCUT2D eigenvalue weighted by Gasteiger charge is 2.12. The van der Waals surface area contributed by atoms with E-state index < -0.39 is 0 Å². The van der Waals surface area contributed by atoms with Crippen molar-refractivity contribution in [2.24, 2.45) is 5.73 Å². The lowest BCUT2D eigenvalue weighted by molar-refractivity contribution is 0.805. The summed E-state index contributed by atoms with van der Waals surface area (Å²) in [5.41, 5.74) is 6.89. The highest BCUT2D eigenvalue weighted by atomic mass is 79.9. The van der Waals surface area contributed by atoms with E-state index in [0.29, 0.717) is 6.54 Å². The molecule has 1 unspecified atom stereocenters. The van der Waals surface area contributed by atoms with Crippen molar-refractivity contribution in [1.29, 1.82) is 0 Å². The second-order valence-corrected chi connectivity index (χ2v) is 6.90. The SMILES string of the molecule is NCC(Nc1ccccc1Br)c1ccc(Br)s1. The van der Waals surface area contributed by atoms with Crippen molar-refractivity contribution in [3.05, 3.63) is 49.5 Å². The zero-order valence-electron chi connectivity index (χ0n) is 8.99. The Kier molecular flexibility index (Phi) is 4.62. The smallest absolute Gasteiger partial charge is 0.0729 e. The maximum Gasteiger partial charge on any atom is 0.0729 e. The van der Waals surface area contributed by atoms with Gasteiger partial charge in [0.2, 0.25) is 0 Å². The molecule has 17 heavy (non-hydrogen) atoms. The van der Waals surface area contributed by atoms with Crippen LogP contribution >= 0.6 is 43.2 Å². The second kappa shape index (κ2) is 6.00. The number of benzene rings is 1. The van der Waals surface area contributed by atoms with Crippen LogP contribution in [0.2, 0.25) is 0 Å². The van der Waals surface area contributed by atoms with Gasteiger partial charge in [0, 0.05) is 21.6 Å². The molecule has 0 aliphatic heterocycles. The molecule has 2 aromatic rings. The third-order valence-electron chi connectivity index (χ3n) is 2.38. The Bertz CT molecular complexity index is 499. The normalized spacial score (nSPS) is 12.4. The number of nitrogens with two attached hydrogens (primary N) is 1. The van der Waals surface area contributed by atoms with Crippen LogP contribution in [0.25, 0.3) is 0 Å². The van der Waals surface area contributed by atoms with Gasteiger partial charge in [-0.3, -0.25) is 0 Å². The Morgan fingerprint density at radius 2 is 1.94 bits per heavy atom. The van der Waals surface area contributed by atoms with E-state index in [0.717, 1.165) is 13.9 Å². The summed E-state index contributed by atoms with van der Waals surface area (Å²) in [5.74, 6) is 0. The van der Waals surface area contributed by atoms with Crippen LogP contribution in [0.15, 0.2) is 44.7 Å². The lowest BCUT2D eigenvalue weighted by atomic mass is 10.2. The first-order chi connectivity index (χ1) is 8.20. The van der Waals surface area contributed by atoms with Crippen molar-refractivity contribution in [2.45, 2.75) is 6.04 Å². The first kappa shape index (κ1) is 13.1. The van der Waals surface area contributed by atoms with Crippen LogP contribution in [0.5, 0.6) is 0 Å². The first-order valence-electron chi connectivity index (χ1n) is 5.17. The van der Waals surface area contributed by atoms with Crippen LogP contribution in [-0.4, -0.2) is 6.54 Å². The van der Waals surface area contributed by atoms with Gasteiger partial charge in [-0.25, -0.2) is 0 Å². The Hall–Kier alpha value is -0.360. The van der Waals surface area contributed by atoms with E-state index in [1.807, 2.05) is 30.3 Å². The minimum Gasteiger partial charge on any atom is -0.375 e. The number of anilines is 1. The van der Waals surface area contributed by atoms with Crippen LogP contribution < -0.4 is 11.1 Å². The van der Waals surface area contributed by atoms with Gasteiger partial charge in [0.05, 0.1) is 9.83 Å². The molecule has 0 aliphatic carbocycles. The molecule has 1 atom stereocenters. The Morgan fingerprint density at radius 1 is 1.18 bits per heavy atom. The molecule has 3 N–H and O–H groups in total. The second-order valence-electron chi connectivity index (χ2n) is 3.55. The molecule has 1 aromatic carbocycles. The molecule has 0 spiro atoms. The molecule has 2 rings (SSSR count). The van der Waals surface area contributed by atoms with Crippen LogP contribution in [0.1, 0.15) is 10.9 Å². The molecule has 2 nitrogen and oxygen atoms in total. The van der Waals surface area contributed by atoms with Gasteiger partial charge in [-0.1, -0.05) is 12.1 Å². The van der Waals surface area contributed by atoms with Gasteiger partial charge in [0.1, 0.15) is 0 Å². The maximum atomic E-state index is 5.83. The molecule has 0 radical (unpaired) electrons. The largest absolute Gasteiger partial charge is 0.375 e. The predicted molar refractivity (Wildman–Crippen MR) is 81.6 cm³/mol. The van der Waals surface area contributed by atoms with Gasteiger partial charge >= 0.3 is 0 Å². The molecule has 1 aromatic heterocycles. The van der Waals surface area contributed by atoms with Crippen molar-refractivity contribution in [1.82, 2.24) is 0 Å². The van der Waals surface area contributed by atoms with E-state index in [1.54, 1.807) is 11.3 Å². The fourth-order valence-corrected chi connectivity index (χ4v) is 3.41. The molecule has 0 aliphatic rings. The van der Waals surface area contributed by atoms with Gasteiger partial charge in [-0.2, -0.15) is 0 Å². The molecule has 0 saturated carbocycles. The molecule has 0 fully saturated rings. The fourth-order valence-electron chi connectivity index (χ4n) is 1.53. The lowest BCUT2D eigenvalue weighted by Gasteiger charge is -2.17. The van der Waals surface area contributed by atoms with Crippen molar-refractivity contribution < 1.29 is 0 Å². The summed E-state index contributed by atoms with van der Waals surface area (Å²) in [7, 11) is 0. The molecule has 5 heteroatoms. The van der Waals surface area contributed by atoms with E-state index in [4.69, 9.17) is 5.73 Å². The summed E-state index contributed by atoms with van der Waals surface area (Å²) in [6.07, 6.45) is 0. The summed E-state index contributed by atoms with van der Waals surface area (Å²) in [6, 6.07) is 12.3. The summed E-state index contributed by atoms with van der Waals surface area (Å²) >= 11 is 8.70. The first-order valence-corrected chi connectivity index (χ1v) is 7.57. The maximum absolute atomic E-state index is 5.83. The zero-order chi connectivity index (χ0) is 12.3. The lowest BCUT2D eigenvalue weighted by Crippen LogP contribution is -2.19. The minimum absolute atomic E-state index is 0.144. The van der Waals surface area contributed by atoms with E-state index in [9.17, 15) is 0 Å². The Balaban J connectivity index is 2.18. The summed E-state index contributed by atoms with van der Waals surface area (Å²) < 4.78 is 2.17. The molecule has 1 heterocycles. The molecule has 90 valence electrons. The van der Waals surface area contributed by atoms with Crippen LogP contribution in [0.3, 0.4) is 0 Å². The molecule has 0 saturated heterocycles. The van der Waals surface area contributed by atoms with Gasteiger partial charge in [-0.15, -0.1) is 11.3 Å². The van der Waals surface area contributed by atoms with Gasteiger partial charge < -0.3 is 11.1 Å². The average Bonchev–Trinajstić information content (AvgIpc) is 2.75. The number of thiophene rings is 1. The zero-order valence-corrected chi connectivity index (χ0v) is 13.0. The molecular formula is C12H12Br2N2S. The Morgan fingerprint density at radius 3 is 2.53 bits per heavy atom. The van der Waals surface area contributed by atoms with Crippen molar-refractivity contribution in [3.8, 4) is 0 Å². The summed E-state index contributed by atoms with van der Waals surface area (Å²) in [4.78, 5) is 1.23. The standard InChI is InChI=1S/C12H12Br2N2S/c13-8-3-1-2-4-9(8)16-10(7-15)11-5-6-12(14)17-11/h1-6,10,16H,7,15H2. The van der Waals surface area contributed by atoms with Gasteiger partial charge in [-0.05, 0) is 56.1 Å². The Labute approximate surface area is 121 Å². The third-order valence-corrected chi connectivity index (χ3v) is 4.81. The van der Waals surface area contributed by atoms with Gasteiger partial charge in [0.25, 0.3) is 0 Å². The number of halogens is 2. The van der Waals surface area contributed by atoms with Crippen LogP contribution in [0.4, 0.5) is 5.69 Å². The van der Waals surface area contributed by atoms with Gasteiger partial charge in [0.15, 0.2) is 0 Å². The van der Waals surface area contributed by atoms with E-state index in [2.05, 4.69) is 43.2 Å². The van der Waals surface area contributed by atoms with Crippen molar-refractivity contribution >= 4 is 48.9 Å². The summed E-state index contributed by atoms with van der Waals surface area (Å²) in [6.45, 7) is 0.564. The highest BCUT2D eigenvalue weighted by Crippen LogP contribution is 2.31. The number of rotatable bonds is 4. The van der Waals surface area contributed by atoms with Crippen LogP contribution in [0, 0.1) is 0 Å². The molecule has 0 amide bonds. The average molecular weight is 376 g/mol. The van der Waals surface area contributed by atoms with Crippen LogP contribution in [-0.2, 0) is 0 Å². The van der Waals surface area contributed by atoms with Crippen molar-refractivity contribution in [3.63, 3.8) is 0 Å². The number of para-hydroxylation sites is 1. The topological polar surface area (TPSA) is 38.0 Å². The predicted octanol–water partition coefficient (Wildman–Crippen LogP) is 4.39. The third kappa shape index (κ3) is 3.31. The van der Waals surface area contributed by atoms with Crippen molar-refractivity contribution in [2.75, 3.05) is 11.9 Å².